The van der Waals surface area contributed by atoms with Crippen LogP contribution in [0, 0.1) is 0 Å². The number of hydrogen-bond donors (Lipinski definition) is 1. The second-order valence-corrected chi connectivity index (χ2v) is 5.64. The van der Waals surface area contributed by atoms with Crippen molar-refractivity contribution in [2.24, 2.45) is 0 Å². The van der Waals surface area contributed by atoms with Gasteiger partial charge in [-0.1, -0.05) is 6.92 Å². The van der Waals surface area contributed by atoms with Crippen molar-refractivity contribution in [1.29, 1.82) is 0 Å². The van der Waals surface area contributed by atoms with Crippen LogP contribution in [0.2, 0.25) is 0 Å². The number of rotatable bonds is 7. The van der Waals surface area contributed by atoms with E-state index < -0.39 is 0 Å². The van der Waals surface area contributed by atoms with Gasteiger partial charge in [-0.15, -0.1) is 0 Å². The first kappa shape index (κ1) is 13.4. The molecule has 4 nitrogen and oxygen atoms in total. The zero-order chi connectivity index (χ0) is 13.9. The maximum absolute atomic E-state index is 4.61. The molecule has 0 aliphatic heterocycles. The molecule has 1 aliphatic carbocycles. The predicted molar refractivity (Wildman–Crippen MR) is 80.7 cm³/mol. The van der Waals surface area contributed by atoms with Crippen LogP contribution in [0.3, 0.4) is 0 Å². The molecular formula is C16H24N4. The van der Waals surface area contributed by atoms with Gasteiger partial charge in [0.15, 0.2) is 0 Å². The molecule has 108 valence electrons. The molecule has 20 heavy (non-hydrogen) atoms. The molecule has 1 aliphatic rings. The highest BCUT2D eigenvalue weighted by Gasteiger charge is 2.20. The number of aryl methyl sites for hydroxylation is 2. The van der Waals surface area contributed by atoms with Gasteiger partial charge in [0.1, 0.15) is 0 Å². The van der Waals surface area contributed by atoms with Gasteiger partial charge < -0.3 is 9.88 Å². The van der Waals surface area contributed by atoms with Crippen LogP contribution in [-0.4, -0.2) is 20.4 Å². The highest BCUT2D eigenvalue weighted by atomic mass is 15.3. The van der Waals surface area contributed by atoms with Crippen molar-refractivity contribution in [2.75, 3.05) is 0 Å². The average Bonchev–Trinajstić information content (AvgIpc) is 3.05. The number of nitrogens with zero attached hydrogens (tertiary/aromatic N) is 3. The van der Waals surface area contributed by atoms with Crippen molar-refractivity contribution >= 4 is 0 Å². The maximum atomic E-state index is 4.61. The van der Waals surface area contributed by atoms with E-state index in [1.165, 1.54) is 29.8 Å². The average molecular weight is 272 g/mol. The van der Waals surface area contributed by atoms with Gasteiger partial charge in [-0.3, -0.25) is 4.68 Å². The van der Waals surface area contributed by atoms with Crippen molar-refractivity contribution in [3.8, 4) is 0 Å². The molecule has 1 fully saturated rings. The lowest BCUT2D eigenvalue weighted by molar-refractivity contribution is 0.594. The van der Waals surface area contributed by atoms with E-state index in [1.54, 1.807) is 0 Å². The van der Waals surface area contributed by atoms with E-state index in [9.17, 15) is 0 Å². The Hall–Kier alpha value is -1.55. The molecule has 2 aromatic heterocycles. The van der Waals surface area contributed by atoms with Gasteiger partial charge in [0.2, 0.25) is 0 Å². The maximum Gasteiger partial charge on any atom is 0.0639 e. The molecule has 4 heteroatoms. The molecule has 2 aromatic rings. The van der Waals surface area contributed by atoms with Crippen LogP contribution in [-0.2, 0) is 26.1 Å². The normalized spacial score (nSPS) is 14.9. The van der Waals surface area contributed by atoms with E-state index in [4.69, 9.17) is 0 Å². The lowest BCUT2D eigenvalue weighted by Crippen LogP contribution is -2.14. The second-order valence-electron chi connectivity index (χ2n) is 5.64. The fourth-order valence-electron chi connectivity index (χ4n) is 2.52. The minimum Gasteiger partial charge on any atom is -0.348 e. The molecule has 0 bridgehead atoms. The second kappa shape index (κ2) is 5.83. The van der Waals surface area contributed by atoms with E-state index in [0.29, 0.717) is 0 Å². The summed E-state index contributed by atoms with van der Waals surface area (Å²) in [4.78, 5) is 0. The molecule has 0 atom stereocenters. The summed E-state index contributed by atoms with van der Waals surface area (Å²) in [7, 11) is 0. The highest BCUT2D eigenvalue weighted by molar-refractivity contribution is 5.15. The first-order valence-electron chi connectivity index (χ1n) is 7.72. The standard InChI is InChI=1S/C16H24N4/c1-3-14-9-16(20(4-2)18-14)12-19-8-7-13(11-19)10-17-15-5-6-15/h7-9,11,15,17H,3-6,10,12H2,1-2H3. The molecule has 2 heterocycles. The summed E-state index contributed by atoms with van der Waals surface area (Å²) >= 11 is 0. The molecule has 1 N–H and O–H groups in total. The quantitative estimate of drug-likeness (QED) is 0.840. The molecule has 0 radical (unpaired) electrons. The van der Waals surface area contributed by atoms with Crippen molar-refractivity contribution in [3.63, 3.8) is 0 Å². The van der Waals surface area contributed by atoms with Gasteiger partial charge in [0.05, 0.1) is 17.9 Å². The summed E-state index contributed by atoms with van der Waals surface area (Å²) in [5.41, 5.74) is 3.85. The van der Waals surface area contributed by atoms with Crippen molar-refractivity contribution in [1.82, 2.24) is 19.7 Å². The van der Waals surface area contributed by atoms with E-state index in [-0.39, 0.29) is 0 Å². The van der Waals surface area contributed by atoms with Crippen LogP contribution in [0.5, 0.6) is 0 Å². The van der Waals surface area contributed by atoms with E-state index in [0.717, 1.165) is 32.1 Å². The summed E-state index contributed by atoms with van der Waals surface area (Å²) < 4.78 is 4.37. The van der Waals surface area contributed by atoms with Crippen LogP contribution >= 0.6 is 0 Å². The number of nitrogens with one attached hydrogen (secondary N) is 1. The Morgan fingerprint density at radius 3 is 2.90 bits per heavy atom. The molecule has 0 saturated heterocycles. The van der Waals surface area contributed by atoms with Crippen LogP contribution in [0.4, 0.5) is 0 Å². The van der Waals surface area contributed by atoms with Gasteiger partial charge in [-0.25, -0.2) is 0 Å². The molecule has 1 saturated carbocycles. The summed E-state index contributed by atoms with van der Waals surface area (Å²) in [6, 6.07) is 5.21. The molecule has 0 amide bonds. The minimum absolute atomic E-state index is 0.770. The fraction of sp³-hybridized carbons (Fsp3) is 0.562. The smallest absolute Gasteiger partial charge is 0.0639 e. The first-order chi connectivity index (χ1) is 9.78. The lowest BCUT2D eigenvalue weighted by Gasteiger charge is -2.05. The third kappa shape index (κ3) is 3.12. The minimum atomic E-state index is 0.770. The molecule has 3 rings (SSSR count). The summed E-state index contributed by atoms with van der Waals surface area (Å²) in [5.74, 6) is 0. The Kier molecular flexibility index (Phi) is 3.92. The first-order valence-corrected chi connectivity index (χ1v) is 7.72. The van der Waals surface area contributed by atoms with E-state index in [1.807, 2.05) is 0 Å². The van der Waals surface area contributed by atoms with Crippen molar-refractivity contribution in [2.45, 2.75) is 58.8 Å². The zero-order valence-corrected chi connectivity index (χ0v) is 12.5. The Labute approximate surface area is 120 Å². The number of hydrogen-bond acceptors (Lipinski definition) is 2. The zero-order valence-electron chi connectivity index (χ0n) is 12.5. The topological polar surface area (TPSA) is 34.8 Å². The summed E-state index contributed by atoms with van der Waals surface area (Å²) in [6.07, 6.45) is 8.10. The summed E-state index contributed by atoms with van der Waals surface area (Å²) in [5, 5.41) is 8.16. The van der Waals surface area contributed by atoms with Crippen LogP contribution in [0.25, 0.3) is 0 Å². The molecule has 0 spiro atoms. The Morgan fingerprint density at radius 2 is 2.20 bits per heavy atom. The third-order valence-corrected chi connectivity index (χ3v) is 3.90. The van der Waals surface area contributed by atoms with E-state index in [2.05, 4.69) is 58.0 Å². The van der Waals surface area contributed by atoms with E-state index >= 15 is 0 Å². The third-order valence-electron chi connectivity index (χ3n) is 3.90. The lowest BCUT2D eigenvalue weighted by atomic mass is 10.3. The SMILES string of the molecule is CCc1cc(Cn2ccc(CNC3CC3)c2)n(CC)n1. The van der Waals surface area contributed by atoms with Gasteiger partial charge in [-0.05, 0) is 43.9 Å². The van der Waals surface area contributed by atoms with Crippen LogP contribution in [0.1, 0.15) is 43.6 Å². The fourth-order valence-corrected chi connectivity index (χ4v) is 2.52. The number of aromatic nitrogens is 3. The van der Waals surface area contributed by atoms with Gasteiger partial charge in [-0.2, -0.15) is 5.10 Å². The van der Waals surface area contributed by atoms with Gasteiger partial charge in [0, 0.05) is 31.5 Å². The Balaban J connectivity index is 1.65. The summed E-state index contributed by atoms with van der Waals surface area (Å²) in [6.45, 7) is 7.14. The van der Waals surface area contributed by atoms with Gasteiger partial charge >= 0.3 is 0 Å². The largest absolute Gasteiger partial charge is 0.348 e. The Bertz CT molecular complexity index is 563. The molecule has 0 unspecified atom stereocenters. The van der Waals surface area contributed by atoms with Crippen molar-refractivity contribution in [3.05, 3.63) is 41.5 Å². The van der Waals surface area contributed by atoms with Gasteiger partial charge in [0.25, 0.3) is 0 Å². The predicted octanol–water partition coefficient (Wildman–Crippen LogP) is 2.57. The Morgan fingerprint density at radius 1 is 1.35 bits per heavy atom. The molecular weight excluding hydrogens is 248 g/mol. The monoisotopic (exact) mass is 272 g/mol. The highest BCUT2D eigenvalue weighted by Crippen LogP contribution is 2.19. The van der Waals surface area contributed by atoms with Crippen molar-refractivity contribution < 1.29 is 0 Å². The molecule has 0 aromatic carbocycles. The van der Waals surface area contributed by atoms with Crippen LogP contribution in [0.15, 0.2) is 24.5 Å². The van der Waals surface area contributed by atoms with Crippen LogP contribution < -0.4 is 5.32 Å².